The van der Waals surface area contributed by atoms with Gasteiger partial charge in [0, 0.05) is 37.1 Å². The first-order valence-corrected chi connectivity index (χ1v) is 5.07. The highest BCUT2D eigenvalue weighted by Gasteiger charge is 2.18. The first-order chi connectivity index (χ1) is 6.18. The molecule has 0 saturated heterocycles. The second-order valence-electron chi connectivity index (χ2n) is 4.18. The van der Waals surface area contributed by atoms with E-state index in [-0.39, 0.29) is 0 Å². The molecule has 0 aliphatic carbocycles. The molecule has 2 nitrogen and oxygen atoms in total. The number of nitrogens with zero attached hydrogens (tertiary/aromatic N) is 2. The van der Waals surface area contributed by atoms with Crippen LogP contribution in [0.15, 0.2) is 12.1 Å². The second-order valence-corrected chi connectivity index (χ2v) is 4.18. The molecule has 2 heteroatoms. The van der Waals surface area contributed by atoms with Gasteiger partial charge in [0.1, 0.15) is 0 Å². The summed E-state index contributed by atoms with van der Waals surface area (Å²) in [5.74, 6) is 0. The quantitative estimate of drug-likeness (QED) is 0.638. The number of aryl methyl sites for hydroxylation is 1. The summed E-state index contributed by atoms with van der Waals surface area (Å²) < 4.78 is 2.43. The van der Waals surface area contributed by atoms with Gasteiger partial charge in [-0.25, -0.2) is 0 Å². The largest absolute Gasteiger partial charge is 0.346 e. The van der Waals surface area contributed by atoms with Crippen molar-refractivity contribution in [1.29, 1.82) is 0 Å². The van der Waals surface area contributed by atoms with Crippen LogP contribution in [-0.4, -0.2) is 22.1 Å². The van der Waals surface area contributed by atoms with Crippen LogP contribution in [0.3, 0.4) is 0 Å². The summed E-state index contributed by atoms with van der Waals surface area (Å²) in [5, 5.41) is 0. The average Bonchev–Trinajstić information content (AvgIpc) is 2.47. The van der Waals surface area contributed by atoms with Crippen LogP contribution in [0, 0.1) is 6.92 Å². The molecule has 0 spiro atoms. The van der Waals surface area contributed by atoms with E-state index >= 15 is 0 Å². The average molecular weight is 178 g/mol. The third-order valence-electron chi connectivity index (χ3n) is 3.00. The predicted octanol–water partition coefficient (Wildman–Crippen LogP) is 2.02. The zero-order chi connectivity index (χ0) is 9.42. The smallest absolute Gasteiger partial charge is 0.0390 e. The molecule has 2 heterocycles. The summed E-state index contributed by atoms with van der Waals surface area (Å²) in [5.41, 5.74) is 2.87. The third-order valence-corrected chi connectivity index (χ3v) is 3.00. The number of aromatic nitrogens is 1. The Morgan fingerprint density at radius 2 is 2.00 bits per heavy atom. The Hall–Kier alpha value is -0.760. The minimum atomic E-state index is 0.670. The lowest BCUT2D eigenvalue weighted by atomic mass is 10.2. The summed E-state index contributed by atoms with van der Waals surface area (Å²) in [7, 11) is 0. The molecule has 1 aliphatic heterocycles. The van der Waals surface area contributed by atoms with Crippen molar-refractivity contribution >= 4 is 0 Å². The van der Waals surface area contributed by atoms with Crippen molar-refractivity contribution in [2.75, 3.05) is 6.54 Å². The van der Waals surface area contributed by atoms with E-state index in [0.29, 0.717) is 6.04 Å². The van der Waals surface area contributed by atoms with Gasteiger partial charge >= 0.3 is 0 Å². The second kappa shape index (κ2) is 3.18. The molecule has 0 unspecified atom stereocenters. The van der Waals surface area contributed by atoms with E-state index in [1.165, 1.54) is 17.9 Å². The fraction of sp³-hybridized carbons (Fsp3) is 0.636. The van der Waals surface area contributed by atoms with Crippen molar-refractivity contribution in [1.82, 2.24) is 9.47 Å². The van der Waals surface area contributed by atoms with Crippen molar-refractivity contribution < 1.29 is 0 Å². The van der Waals surface area contributed by atoms with E-state index in [9.17, 15) is 0 Å². The van der Waals surface area contributed by atoms with E-state index in [2.05, 4.69) is 42.4 Å². The molecule has 2 rings (SSSR count). The van der Waals surface area contributed by atoms with Crippen molar-refractivity contribution in [2.24, 2.45) is 0 Å². The molecule has 0 N–H and O–H groups in total. The molecule has 13 heavy (non-hydrogen) atoms. The van der Waals surface area contributed by atoms with Crippen LogP contribution in [0.25, 0.3) is 0 Å². The summed E-state index contributed by atoms with van der Waals surface area (Å²) in [4.78, 5) is 2.52. The van der Waals surface area contributed by atoms with E-state index < -0.39 is 0 Å². The van der Waals surface area contributed by atoms with Crippen molar-refractivity contribution in [3.05, 3.63) is 23.5 Å². The number of hydrogen-bond donors (Lipinski definition) is 0. The molecule has 0 amide bonds. The van der Waals surface area contributed by atoms with Gasteiger partial charge in [-0.2, -0.15) is 0 Å². The van der Waals surface area contributed by atoms with Crippen LogP contribution in [0.4, 0.5) is 0 Å². The fourth-order valence-corrected chi connectivity index (χ4v) is 2.04. The molecule has 0 aromatic carbocycles. The lowest BCUT2D eigenvalue weighted by Gasteiger charge is -2.32. The van der Waals surface area contributed by atoms with Gasteiger partial charge in [0.2, 0.25) is 0 Å². The van der Waals surface area contributed by atoms with Gasteiger partial charge < -0.3 is 4.57 Å². The van der Waals surface area contributed by atoms with Crippen LogP contribution in [0.1, 0.15) is 25.2 Å². The first-order valence-electron chi connectivity index (χ1n) is 5.07. The maximum Gasteiger partial charge on any atom is 0.0390 e. The minimum Gasteiger partial charge on any atom is -0.346 e. The molecular formula is C11H18N2. The maximum atomic E-state index is 2.52. The zero-order valence-corrected chi connectivity index (χ0v) is 8.75. The molecule has 0 saturated carbocycles. The highest BCUT2D eigenvalue weighted by molar-refractivity contribution is 5.16. The summed E-state index contributed by atoms with van der Waals surface area (Å²) in [6.45, 7) is 10.2. The highest BCUT2D eigenvalue weighted by Crippen LogP contribution is 2.17. The molecule has 1 aliphatic rings. The van der Waals surface area contributed by atoms with Crippen LogP contribution >= 0.6 is 0 Å². The molecular weight excluding hydrogens is 160 g/mol. The zero-order valence-electron chi connectivity index (χ0n) is 8.75. The molecule has 72 valence electrons. The Kier molecular flexibility index (Phi) is 2.16. The highest BCUT2D eigenvalue weighted by atomic mass is 15.2. The number of fused-ring (bicyclic) bond motifs is 1. The van der Waals surface area contributed by atoms with Gasteiger partial charge in [-0.1, -0.05) is 0 Å². The van der Waals surface area contributed by atoms with Gasteiger partial charge in [-0.05, 0) is 32.9 Å². The Bertz CT molecular complexity index is 299. The van der Waals surface area contributed by atoms with Gasteiger partial charge in [0.25, 0.3) is 0 Å². The number of rotatable bonds is 1. The third kappa shape index (κ3) is 1.51. The predicted molar refractivity (Wildman–Crippen MR) is 54.7 cm³/mol. The van der Waals surface area contributed by atoms with E-state index in [1.54, 1.807) is 0 Å². The van der Waals surface area contributed by atoms with Crippen LogP contribution in [0.2, 0.25) is 0 Å². The van der Waals surface area contributed by atoms with Crippen molar-refractivity contribution in [3.8, 4) is 0 Å². The van der Waals surface area contributed by atoms with Crippen LogP contribution < -0.4 is 0 Å². The molecule has 0 atom stereocenters. The topological polar surface area (TPSA) is 8.17 Å². The molecule has 0 radical (unpaired) electrons. The van der Waals surface area contributed by atoms with Gasteiger partial charge in [-0.3, -0.25) is 4.90 Å². The first kappa shape index (κ1) is 8.82. The SMILES string of the molecule is Cc1ccc2n1CCN(C(C)C)C2. The van der Waals surface area contributed by atoms with Crippen LogP contribution in [0.5, 0.6) is 0 Å². The van der Waals surface area contributed by atoms with E-state index in [1.807, 2.05) is 0 Å². The molecule has 1 aromatic heterocycles. The Morgan fingerprint density at radius 1 is 1.23 bits per heavy atom. The number of hydrogen-bond acceptors (Lipinski definition) is 1. The van der Waals surface area contributed by atoms with Gasteiger partial charge in [-0.15, -0.1) is 0 Å². The van der Waals surface area contributed by atoms with Gasteiger partial charge in [0.15, 0.2) is 0 Å². The van der Waals surface area contributed by atoms with Crippen LogP contribution in [-0.2, 0) is 13.1 Å². The molecule has 0 fully saturated rings. The van der Waals surface area contributed by atoms with E-state index in [4.69, 9.17) is 0 Å². The monoisotopic (exact) mass is 178 g/mol. The summed E-state index contributed by atoms with van der Waals surface area (Å²) in [6, 6.07) is 5.15. The molecule has 1 aromatic rings. The Morgan fingerprint density at radius 3 is 2.69 bits per heavy atom. The summed E-state index contributed by atoms with van der Waals surface area (Å²) in [6.07, 6.45) is 0. The Labute approximate surface area is 80.2 Å². The van der Waals surface area contributed by atoms with Gasteiger partial charge in [0.05, 0.1) is 0 Å². The summed E-state index contributed by atoms with van der Waals surface area (Å²) >= 11 is 0. The lowest BCUT2D eigenvalue weighted by Crippen LogP contribution is -2.38. The Balaban J connectivity index is 2.21. The normalized spacial score (nSPS) is 17.8. The van der Waals surface area contributed by atoms with Crippen molar-refractivity contribution in [3.63, 3.8) is 0 Å². The maximum absolute atomic E-state index is 2.52. The van der Waals surface area contributed by atoms with E-state index in [0.717, 1.165) is 13.1 Å². The standard InChI is InChI=1S/C11H18N2/c1-9(2)12-6-7-13-10(3)4-5-11(13)8-12/h4-5,9H,6-8H2,1-3H3. The lowest BCUT2D eigenvalue weighted by molar-refractivity contribution is 0.176. The fourth-order valence-electron chi connectivity index (χ4n) is 2.04. The minimum absolute atomic E-state index is 0.670. The van der Waals surface area contributed by atoms with Crippen molar-refractivity contribution in [2.45, 2.75) is 39.9 Å². The molecule has 0 bridgehead atoms.